The van der Waals surface area contributed by atoms with Crippen LogP contribution < -0.4 is 5.32 Å². The Kier molecular flexibility index (Phi) is 3.88. The van der Waals surface area contributed by atoms with Crippen LogP contribution in [0.25, 0.3) is 0 Å². The lowest BCUT2D eigenvalue weighted by atomic mass is 10.3. The predicted octanol–water partition coefficient (Wildman–Crippen LogP) is 2.47. The summed E-state index contributed by atoms with van der Waals surface area (Å²) in [5.74, 6) is -1.25. The number of hydrogen-bond donors (Lipinski definition) is 2. The third kappa shape index (κ3) is 2.99. The van der Waals surface area contributed by atoms with Crippen molar-refractivity contribution in [2.24, 2.45) is 0 Å². The molecule has 0 aromatic heterocycles. The summed E-state index contributed by atoms with van der Waals surface area (Å²) in [7, 11) is 0. The zero-order valence-corrected chi connectivity index (χ0v) is 8.84. The molecule has 1 aromatic rings. The predicted molar refractivity (Wildman–Crippen MR) is 54.8 cm³/mol. The maximum absolute atomic E-state index is 13.0. The molecule has 0 atom stereocenters. The fourth-order valence-corrected chi connectivity index (χ4v) is 1.35. The molecule has 0 heterocycles. The summed E-state index contributed by atoms with van der Waals surface area (Å²) in [6, 6.07) is 4.56. The quantitative estimate of drug-likeness (QED) is 0.876. The van der Waals surface area contributed by atoms with E-state index in [9.17, 15) is 9.18 Å². The molecule has 5 heteroatoms. The minimum absolute atomic E-state index is 0.00293. The lowest BCUT2D eigenvalue weighted by molar-refractivity contribution is -0.136. The minimum atomic E-state index is -0.884. The van der Waals surface area contributed by atoms with Crippen molar-refractivity contribution in [1.29, 1.82) is 0 Å². The number of hydrogen-bond acceptors (Lipinski definition) is 2. The lowest BCUT2D eigenvalue weighted by Gasteiger charge is -2.07. The molecule has 0 amide bonds. The fraction of sp³-hybridized carbons (Fsp3) is 0.222. The van der Waals surface area contributed by atoms with Crippen LogP contribution in [-0.4, -0.2) is 17.6 Å². The molecule has 0 saturated carbocycles. The maximum atomic E-state index is 13.0. The number of aliphatic carboxylic acids is 1. The Balaban J connectivity index is 2.59. The van der Waals surface area contributed by atoms with Crippen molar-refractivity contribution >= 4 is 27.6 Å². The van der Waals surface area contributed by atoms with Gasteiger partial charge in [0.05, 0.1) is 16.6 Å². The minimum Gasteiger partial charge on any atom is -0.481 e. The Morgan fingerprint density at radius 1 is 1.57 bits per heavy atom. The molecule has 1 rings (SSSR count). The van der Waals surface area contributed by atoms with Gasteiger partial charge in [-0.3, -0.25) is 4.79 Å². The molecule has 0 fully saturated rings. The van der Waals surface area contributed by atoms with Crippen molar-refractivity contribution in [1.82, 2.24) is 0 Å². The van der Waals surface area contributed by atoms with E-state index in [0.717, 1.165) is 0 Å². The molecule has 0 unspecified atom stereocenters. The molecule has 2 N–H and O–H groups in total. The monoisotopic (exact) mass is 261 g/mol. The van der Waals surface area contributed by atoms with Crippen LogP contribution in [0.3, 0.4) is 0 Å². The first-order valence-corrected chi connectivity index (χ1v) is 4.80. The average molecular weight is 262 g/mol. The summed E-state index contributed by atoms with van der Waals surface area (Å²) in [5, 5.41) is 11.2. The van der Waals surface area contributed by atoms with E-state index in [1.54, 1.807) is 12.1 Å². The summed E-state index contributed by atoms with van der Waals surface area (Å²) in [4.78, 5) is 10.2. The van der Waals surface area contributed by atoms with Gasteiger partial charge in [-0.15, -0.1) is 0 Å². The molecular weight excluding hydrogens is 253 g/mol. The van der Waals surface area contributed by atoms with E-state index in [2.05, 4.69) is 21.2 Å². The molecular formula is C9H9BrFNO2. The van der Waals surface area contributed by atoms with Crippen molar-refractivity contribution in [2.45, 2.75) is 6.42 Å². The van der Waals surface area contributed by atoms with Gasteiger partial charge >= 0.3 is 5.97 Å². The van der Waals surface area contributed by atoms with Gasteiger partial charge in [0.2, 0.25) is 0 Å². The van der Waals surface area contributed by atoms with E-state index in [-0.39, 0.29) is 18.8 Å². The number of benzene rings is 1. The lowest BCUT2D eigenvalue weighted by Crippen LogP contribution is -2.08. The standard InChI is InChI=1S/C9H9BrFNO2/c10-9-6(11)2-1-3-7(9)12-5-4-8(13)14/h1-3,12H,4-5H2,(H,13,14). The molecule has 0 spiro atoms. The highest BCUT2D eigenvalue weighted by Gasteiger charge is 2.04. The molecule has 0 radical (unpaired) electrons. The number of carbonyl (C=O) groups is 1. The Labute approximate surface area is 89.1 Å². The first-order valence-electron chi connectivity index (χ1n) is 4.01. The van der Waals surface area contributed by atoms with E-state index < -0.39 is 5.97 Å². The largest absolute Gasteiger partial charge is 0.481 e. The van der Waals surface area contributed by atoms with Crippen molar-refractivity contribution in [3.63, 3.8) is 0 Å². The molecule has 3 nitrogen and oxygen atoms in total. The Morgan fingerprint density at radius 3 is 2.93 bits per heavy atom. The van der Waals surface area contributed by atoms with Crippen LogP contribution in [0.4, 0.5) is 10.1 Å². The number of carboxylic acid groups (broad SMARTS) is 1. The maximum Gasteiger partial charge on any atom is 0.305 e. The van der Waals surface area contributed by atoms with Crippen molar-refractivity contribution < 1.29 is 14.3 Å². The summed E-state index contributed by atoms with van der Waals surface area (Å²) in [6.07, 6.45) is 0.00293. The topological polar surface area (TPSA) is 49.3 Å². The van der Waals surface area contributed by atoms with Crippen LogP contribution in [0, 0.1) is 5.82 Å². The van der Waals surface area contributed by atoms with E-state index in [4.69, 9.17) is 5.11 Å². The first kappa shape index (κ1) is 11.0. The van der Waals surface area contributed by atoms with E-state index >= 15 is 0 Å². The Hall–Kier alpha value is -1.10. The van der Waals surface area contributed by atoms with Crippen LogP contribution in [0.2, 0.25) is 0 Å². The zero-order chi connectivity index (χ0) is 10.6. The second-order valence-corrected chi connectivity index (χ2v) is 3.46. The number of rotatable bonds is 4. The third-order valence-corrected chi connectivity index (χ3v) is 2.41. The van der Waals surface area contributed by atoms with Gasteiger partial charge in [-0.05, 0) is 28.1 Å². The number of halogens is 2. The highest BCUT2D eigenvalue weighted by Crippen LogP contribution is 2.24. The number of anilines is 1. The number of carboxylic acids is 1. The summed E-state index contributed by atoms with van der Waals surface area (Å²) >= 11 is 3.06. The van der Waals surface area contributed by atoms with Crippen molar-refractivity contribution in [2.75, 3.05) is 11.9 Å². The highest BCUT2D eigenvalue weighted by atomic mass is 79.9. The molecule has 0 aliphatic heterocycles. The van der Waals surface area contributed by atoms with Gasteiger partial charge in [0.1, 0.15) is 5.82 Å². The van der Waals surface area contributed by atoms with Gasteiger partial charge in [0.15, 0.2) is 0 Å². The second-order valence-electron chi connectivity index (χ2n) is 2.67. The molecule has 0 saturated heterocycles. The first-order chi connectivity index (χ1) is 6.61. The van der Waals surface area contributed by atoms with Crippen LogP contribution in [0.15, 0.2) is 22.7 Å². The summed E-state index contributed by atoms with van der Waals surface area (Å²) in [5.41, 5.74) is 0.561. The van der Waals surface area contributed by atoms with Crippen LogP contribution in [-0.2, 0) is 4.79 Å². The third-order valence-electron chi connectivity index (χ3n) is 1.61. The summed E-state index contributed by atoms with van der Waals surface area (Å²) < 4.78 is 13.3. The van der Waals surface area contributed by atoms with E-state index in [0.29, 0.717) is 10.2 Å². The van der Waals surface area contributed by atoms with Crippen molar-refractivity contribution in [3.8, 4) is 0 Å². The van der Waals surface area contributed by atoms with Crippen molar-refractivity contribution in [3.05, 3.63) is 28.5 Å². The molecule has 0 aliphatic rings. The normalized spacial score (nSPS) is 9.86. The molecule has 14 heavy (non-hydrogen) atoms. The van der Waals surface area contributed by atoms with Gasteiger partial charge in [-0.25, -0.2) is 4.39 Å². The SMILES string of the molecule is O=C(O)CCNc1cccc(F)c1Br. The second kappa shape index (κ2) is 4.95. The Bertz CT molecular complexity index is 344. The van der Waals surface area contributed by atoms with Gasteiger partial charge in [0.25, 0.3) is 0 Å². The van der Waals surface area contributed by atoms with Crippen LogP contribution >= 0.6 is 15.9 Å². The molecule has 0 bridgehead atoms. The van der Waals surface area contributed by atoms with Crippen LogP contribution in [0.1, 0.15) is 6.42 Å². The highest BCUT2D eigenvalue weighted by molar-refractivity contribution is 9.10. The smallest absolute Gasteiger partial charge is 0.305 e. The van der Waals surface area contributed by atoms with Gasteiger partial charge in [-0.2, -0.15) is 0 Å². The van der Waals surface area contributed by atoms with Gasteiger partial charge in [0, 0.05) is 6.54 Å². The molecule has 76 valence electrons. The van der Waals surface area contributed by atoms with Crippen LogP contribution in [0.5, 0.6) is 0 Å². The van der Waals surface area contributed by atoms with E-state index in [1.807, 2.05) is 0 Å². The molecule has 1 aromatic carbocycles. The molecule has 0 aliphatic carbocycles. The van der Waals surface area contributed by atoms with Gasteiger partial charge in [-0.1, -0.05) is 6.07 Å². The summed E-state index contributed by atoms with van der Waals surface area (Å²) in [6.45, 7) is 0.275. The zero-order valence-electron chi connectivity index (χ0n) is 7.26. The average Bonchev–Trinajstić information content (AvgIpc) is 2.12. The Morgan fingerprint density at radius 2 is 2.29 bits per heavy atom. The fourth-order valence-electron chi connectivity index (χ4n) is 0.944. The number of nitrogens with one attached hydrogen (secondary N) is 1. The van der Waals surface area contributed by atoms with Gasteiger partial charge < -0.3 is 10.4 Å². The van der Waals surface area contributed by atoms with E-state index in [1.165, 1.54) is 6.07 Å².